The van der Waals surface area contributed by atoms with E-state index in [0.717, 1.165) is 44.9 Å². The number of hydrogen-bond acceptors (Lipinski definition) is 2. The normalized spacial score (nSPS) is 12.1. The maximum absolute atomic E-state index is 5.29. The molecule has 11 aromatic rings. The first-order chi connectivity index (χ1) is 26.8. The van der Waals surface area contributed by atoms with Gasteiger partial charge in [-0.15, -0.1) is 0 Å². The average Bonchev–Trinajstić information content (AvgIpc) is 3.87. The third kappa shape index (κ3) is 4.13. The van der Waals surface area contributed by atoms with Gasteiger partial charge in [-0.3, -0.25) is 9.55 Å². The van der Waals surface area contributed by atoms with Crippen molar-refractivity contribution in [1.29, 1.82) is 0 Å². The Morgan fingerprint density at radius 1 is 0.370 bits per heavy atom. The zero-order valence-electron chi connectivity index (χ0n) is 29.1. The van der Waals surface area contributed by atoms with E-state index in [9.17, 15) is 0 Å². The van der Waals surface area contributed by atoms with Crippen molar-refractivity contribution in [3.63, 3.8) is 0 Å². The van der Waals surface area contributed by atoms with E-state index in [4.69, 9.17) is 9.97 Å². The number of rotatable bonds is 4. The summed E-state index contributed by atoms with van der Waals surface area (Å²) in [7, 11) is 0. The largest absolute Gasteiger partial charge is 0.309 e. The molecule has 0 saturated heterocycles. The Morgan fingerprint density at radius 2 is 0.981 bits per heavy atom. The van der Waals surface area contributed by atoms with Crippen molar-refractivity contribution in [3.8, 4) is 56.1 Å². The lowest BCUT2D eigenvalue weighted by atomic mass is 10.0. The molecule has 4 nitrogen and oxygen atoms in total. The minimum Gasteiger partial charge on any atom is -0.309 e. The van der Waals surface area contributed by atoms with Crippen LogP contribution in [-0.2, 0) is 0 Å². The van der Waals surface area contributed by atoms with Crippen LogP contribution in [-0.4, -0.2) is 19.1 Å². The molecule has 4 heteroatoms. The average molecular weight is 687 g/mol. The summed E-state index contributed by atoms with van der Waals surface area (Å²) >= 11 is 0. The zero-order valence-corrected chi connectivity index (χ0v) is 29.1. The molecule has 0 bridgehead atoms. The van der Waals surface area contributed by atoms with Gasteiger partial charge in [-0.2, -0.15) is 0 Å². The van der Waals surface area contributed by atoms with Crippen molar-refractivity contribution in [3.05, 3.63) is 182 Å². The first kappa shape index (κ1) is 29.3. The second kappa shape index (κ2) is 11.1. The van der Waals surface area contributed by atoms with E-state index in [1.807, 2.05) is 12.3 Å². The van der Waals surface area contributed by atoms with Crippen LogP contribution in [0.2, 0.25) is 0 Å². The van der Waals surface area contributed by atoms with Crippen LogP contribution in [0.15, 0.2) is 182 Å². The Labute approximate surface area is 310 Å². The lowest BCUT2D eigenvalue weighted by Gasteiger charge is -2.11. The maximum Gasteiger partial charge on any atom is 0.138 e. The highest BCUT2D eigenvalue weighted by molar-refractivity contribution is 6.15. The van der Waals surface area contributed by atoms with E-state index >= 15 is 0 Å². The van der Waals surface area contributed by atoms with E-state index in [1.54, 1.807) is 0 Å². The number of aromatic nitrogens is 4. The standard InChI is InChI=1S/C50H30N4/c1-2-11-31(12-3-1)32-13-8-14-35(27-32)53-44-20-6-4-15-36(44)40-28-33(22-24-46(40)53)34-23-25-47-41(29-34)37-16-5-7-21-45(37)54(47)48-30-42-38-18-10-26-51-50(38)39-17-9-19-43(52-48)49(39)42/h1-30H. The van der Waals surface area contributed by atoms with Gasteiger partial charge >= 0.3 is 0 Å². The number of pyridine rings is 2. The monoisotopic (exact) mass is 686 g/mol. The van der Waals surface area contributed by atoms with E-state index in [-0.39, 0.29) is 0 Å². The van der Waals surface area contributed by atoms with E-state index in [1.165, 1.54) is 65.8 Å². The predicted octanol–water partition coefficient (Wildman–Crippen LogP) is 12.8. The van der Waals surface area contributed by atoms with Crippen molar-refractivity contribution in [2.24, 2.45) is 0 Å². The van der Waals surface area contributed by atoms with Crippen molar-refractivity contribution >= 4 is 54.5 Å². The predicted molar refractivity (Wildman–Crippen MR) is 224 cm³/mol. The molecule has 0 radical (unpaired) electrons. The molecule has 250 valence electrons. The number of para-hydroxylation sites is 2. The number of nitrogens with zero attached hydrogens (tertiary/aromatic N) is 4. The van der Waals surface area contributed by atoms with Gasteiger partial charge < -0.3 is 4.57 Å². The van der Waals surface area contributed by atoms with Gasteiger partial charge in [-0.1, -0.05) is 109 Å². The molecule has 12 rings (SSSR count). The SMILES string of the molecule is c1ccc(-c2cccc(-n3c4ccccc4c4cc(-c5ccc6c(c5)c5ccccc5n6-c5cc6c7c(cccc7n5)-c5ncccc5-6)ccc43)c2)cc1. The molecule has 0 fully saturated rings. The quantitative estimate of drug-likeness (QED) is 0.185. The van der Waals surface area contributed by atoms with E-state index in [2.05, 4.69) is 179 Å². The van der Waals surface area contributed by atoms with Gasteiger partial charge in [0.25, 0.3) is 0 Å². The number of fused-ring (bicyclic) bond motifs is 9. The molecule has 0 amide bonds. The fourth-order valence-electron chi connectivity index (χ4n) is 8.92. The third-order valence-electron chi connectivity index (χ3n) is 11.3. The molecule has 0 N–H and O–H groups in total. The summed E-state index contributed by atoms with van der Waals surface area (Å²) in [4.78, 5) is 10.1. The number of hydrogen-bond donors (Lipinski definition) is 0. The van der Waals surface area contributed by atoms with Crippen LogP contribution in [0, 0.1) is 0 Å². The molecule has 4 heterocycles. The van der Waals surface area contributed by atoms with Crippen LogP contribution >= 0.6 is 0 Å². The van der Waals surface area contributed by atoms with Gasteiger partial charge in [0.05, 0.1) is 33.3 Å². The molecule has 1 aliphatic rings. The van der Waals surface area contributed by atoms with Crippen LogP contribution in [0.5, 0.6) is 0 Å². The van der Waals surface area contributed by atoms with Gasteiger partial charge in [-0.25, -0.2) is 4.98 Å². The molecule has 0 spiro atoms. The summed E-state index contributed by atoms with van der Waals surface area (Å²) in [6, 6.07) is 63.5. The first-order valence-electron chi connectivity index (χ1n) is 18.4. The summed E-state index contributed by atoms with van der Waals surface area (Å²) in [5.74, 6) is 0.913. The fourth-order valence-corrected chi connectivity index (χ4v) is 8.92. The van der Waals surface area contributed by atoms with Crippen molar-refractivity contribution in [1.82, 2.24) is 19.1 Å². The molecule has 1 aliphatic carbocycles. The van der Waals surface area contributed by atoms with Crippen LogP contribution in [0.1, 0.15) is 0 Å². The molecule has 0 saturated carbocycles. The summed E-state index contributed by atoms with van der Waals surface area (Å²) in [5, 5.41) is 6.08. The van der Waals surface area contributed by atoms with E-state index in [0.29, 0.717) is 0 Å². The van der Waals surface area contributed by atoms with Gasteiger partial charge in [-0.05, 0) is 94.5 Å². The highest BCUT2D eigenvalue weighted by atomic mass is 15.1. The Morgan fingerprint density at radius 3 is 1.76 bits per heavy atom. The minimum absolute atomic E-state index is 0.913. The lowest BCUT2D eigenvalue weighted by Crippen LogP contribution is -1.98. The van der Waals surface area contributed by atoms with Crippen molar-refractivity contribution in [2.75, 3.05) is 0 Å². The summed E-state index contributed by atoms with van der Waals surface area (Å²) in [6.45, 7) is 0. The van der Waals surface area contributed by atoms with Crippen LogP contribution in [0.3, 0.4) is 0 Å². The zero-order chi connectivity index (χ0) is 35.3. The summed E-state index contributed by atoms with van der Waals surface area (Å²) in [5.41, 5.74) is 16.1. The second-order valence-corrected chi connectivity index (χ2v) is 14.2. The van der Waals surface area contributed by atoms with Gasteiger partial charge in [0.15, 0.2) is 0 Å². The van der Waals surface area contributed by atoms with E-state index < -0.39 is 0 Å². The Kier molecular flexibility index (Phi) is 6.02. The summed E-state index contributed by atoms with van der Waals surface area (Å²) in [6.07, 6.45) is 1.88. The van der Waals surface area contributed by atoms with Gasteiger partial charge in [0.2, 0.25) is 0 Å². The molecule has 4 aromatic heterocycles. The highest BCUT2D eigenvalue weighted by Gasteiger charge is 2.25. The highest BCUT2D eigenvalue weighted by Crippen LogP contribution is 2.47. The van der Waals surface area contributed by atoms with Crippen molar-refractivity contribution < 1.29 is 0 Å². The Hall–Kier alpha value is -7.30. The molecule has 0 atom stereocenters. The fraction of sp³-hybridized carbons (Fsp3) is 0. The Bertz CT molecular complexity index is 3330. The van der Waals surface area contributed by atoms with Gasteiger partial charge in [0.1, 0.15) is 5.82 Å². The first-order valence-corrected chi connectivity index (χ1v) is 18.4. The molecular weight excluding hydrogens is 657 g/mol. The molecular formula is C50H30N4. The number of benzene rings is 7. The van der Waals surface area contributed by atoms with Crippen LogP contribution in [0.4, 0.5) is 0 Å². The maximum atomic E-state index is 5.29. The Balaban J connectivity index is 1.03. The second-order valence-electron chi connectivity index (χ2n) is 14.2. The molecule has 54 heavy (non-hydrogen) atoms. The third-order valence-corrected chi connectivity index (χ3v) is 11.3. The van der Waals surface area contributed by atoms with Crippen LogP contribution in [0.25, 0.3) is 111 Å². The lowest BCUT2D eigenvalue weighted by molar-refractivity contribution is 1.10. The topological polar surface area (TPSA) is 35.6 Å². The molecule has 0 aliphatic heterocycles. The smallest absolute Gasteiger partial charge is 0.138 e. The summed E-state index contributed by atoms with van der Waals surface area (Å²) < 4.78 is 4.73. The van der Waals surface area contributed by atoms with Gasteiger partial charge in [0, 0.05) is 49.9 Å². The van der Waals surface area contributed by atoms with Crippen LogP contribution < -0.4 is 0 Å². The van der Waals surface area contributed by atoms with Crippen molar-refractivity contribution in [2.45, 2.75) is 0 Å². The molecule has 0 unspecified atom stereocenters. The molecule has 7 aromatic carbocycles. The minimum atomic E-state index is 0.913.